The van der Waals surface area contributed by atoms with Gasteiger partial charge >= 0.3 is 0 Å². The first-order valence-corrected chi connectivity index (χ1v) is 6.12. The van der Waals surface area contributed by atoms with E-state index in [9.17, 15) is 4.39 Å². The van der Waals surface area contributed by atoms with Crippen molar-refractivity contribution in [2.45, 2.75) is 26.3 Å². The largest absolute Gasteiger partial charge is 0.243 e. The van der Waals surface area contributed by atoms with E-state index in [1.165, 1.54) is 18.9 Å². The predicted molar refractivity (Wildman–Crippen MR) is 64.1 cm³/mol. The molecule has 0 N–H and O–H groups in total. The minimum absolute atomic E-state index is 0.0421. The molecule has 0 saturated heterocycles. The van der Waals surface area contributed by atoms with Crippen molar-refractivity contribution in [2.24, 2.45) is 11.8 Å². The fourth-order valence-corrected chi connectivity index (χ4v) is 2.37. The number of rotatable bonds is 3. The van der Waals surface area contributed by atoms with Gasteiger partial charge in [0.05, 0.1) is 0 Å². The van der Waals surface area contributed by atoms with Gasteiger partial charge in [0.1, 0.15) is 28.5 Å². The number of hydrogen-bond donors (Lipinski definition) is 0. The van der Waals surface area contributed by atoms with Crippen molar-refractivity contribution in [1.82, 2.24) is 15.0 Å². The summed E-state index contributed by atoms with van der Waals surface area (Å²) < 4.78 is 15.3. The SMILES string of the molecule is CC(Cn1nnc2ccc(F)c(C#N)c21)C1CC1. The highest BCUT2D eigenvalue weighted by Gasteiger charge is 2.29. The highest BCUT2D eigenvalue weighted by atomic mass is 19.1. The summed E-state index contributed by atoms with van der Waals surface area (Å²) in [5, 5.41) is 17.1. The van der Waals surface area contributed by atoms with E-state index in [4.69, 9.17) is 5.26 Å². The summed E-state index contributed by atoms with van der Waals surface area (Å²) in [6.07, 6.45) is 2.51. The molecule has 18 heavy (non-hydrogen) atoms. The van der Waals surface area contributed by atoms with Gasteiger partial charge in [0.15, 0.2) is 0 Å². The first-order chi connectivity index (χ1) is 8.70. The van der Waals surface area contributed by atoms with Crippen molar-refractivity contribution in [3.8, 4) is 6.07 Å². The Morgan fingerprint density at radius 1 is 1.56 bits per heavy atom. The molecule has 1 saturated carbocycles. The molecule has 0 amide bonds. The summed E-state index contributed by atoms with van der Waals surface area (Å²) in [7, 11) is 0. The maximum absolute atomic E-state index is 13.6. The van der Waals surface area contributed by atoms with Gasteiger partial charge in [-0.15, -0.1) is 5.10 Å². The van der Waals surface area contributed by atoms with Crippen LogP contribution in [0.25, 0.3) is 11.0 Å². The summed E-state index contributed by atoms with van der Waals surface area (Å²) >= 11 is 0. The molecule has 0 aliphatic heterocycles. The molecule has 2 aromatic rings. The Balaban J connectivity index is 2.06. The zero-order chi connectivity index (χ0) is 12.7. The molecule has 5 heteroatoms. The monoisotopic (exact) mass is 244 g/mol. The molecule has 1 aliphatic carbocycles. The lowest BCUT2D eigenvalue weighted by Crippen LogP contribution is -2.11. The maximum Gasteiger partial charge on any atom is 0.143 e. The molecule has 0 bridgehead atoms. The second-order valence-corrected chi connectivity index (χ2v) is 4.99. The average molecular weight is 244 g/mol. The average Bonchev–Trinajstić information content (AvgIpc) is 3.14. The van der Waals surface area contributed by atoms with Crippen LogP contribution in [-0.4, -0.2) is 15.0 Å². The normalized spacial score (nSPS) is 16.7. The van der Waals surface area contributed by atoms with Gasteiger partial charge in [0, 0.05) is 6.54 Å². The summed E-state index contributed by atoms with van der Waals surface area (Å²) in [6, 6.07) is 4.74. The van der Waals surface area contributed by atoms with Gasteiger partial charge in [0.25, 0.3) is 0 Å². The molecule has 1 atom stereocenters. The number of halogens is 1. The van der Waals surface area contributed by atoms with Crippen molar-refractivity contribution in [3.63, 3.8) is 0 Å². The lowest BCUT2D eigenvalue weighted by atomic mass is 10.1. The second kappa shape index (κ2) is 4.05. The Morgan fingerprint density at radius 3 is 3.00 bits per heavy atom. The van der Waals surface area contributed by atoms with E-state index < -0.39 is 5.82 Å². The van der Waals surface area contributed by atoms with Crippen LogP contribution in [0.3, 0.4) is 0 Å². The van der Waals surface area contributed by atoms with Crippen LogP contribution < -0.4 is 0 Å². The Labute approximate surface area is 104 Å². The van der Waals surface area contributed by atoms with Crippen LogP contribution in [-0.2, 0) is 6.54 Å². The number of aromatic nitrogens is 3. The van der Waals surface area contributed by atoms with E-state index in [2.05, 4.69) is 17.2 Å². The fourth-order valence-electron chi connectivity index (χ4n) is 2.37. The van der Waals surface area contributed by atoms with Gasteiger partial charge in [-0.25, -0.2) is 9.07 Å². The van der Waals surface area contributed by atoms with Crippen molar-refractivity contribution in [3.05, 3.63) is 23.5 Å². The molecule has 1 fully saturated rings. The lowest BCUT2D eigenvalue weighted by Gasteiger charge is -2.10. The highest BCUT2D eigenvalue weighted by molar-refractivity contribution is 5.81. The summed E-state index contributed by atoms with van der Waals surface area (Å²) in [6.45, 7) is 2.86. The van der Waals surface area contributed by atoms with E-state index in [-0.39, 0.29) is 5.56 Å². The number of benzene rings is 1. The van der Waals surface area contributed by atoms with Crippen molar-refractivity contribution < 1.29 is 4.39 Å². The van der Waals surface area contributed by atoms with Gasteiger partial charge in [-0.2, -0.15) is 5.26 Å². The minimum atomic E-state index is -0.507. The van der Waals surface area contributed by atoms with Crippen LogP contribution in [0.5, 0.6) is 0 Å². The Bertz CT molecular complexity index is 636. The third kappa shape index (κ3) is 1.74. The van der Waals surface area contributed by atoms with Crippen LogP contribution >= 0.6 is 0 Å². The van der Waals surface area contributed by atoms with Crippen LogP contribution in [0.1, 0.15) is 25.3 Å². The topological polar surface area (TPSA) is 54.5 Å². The zero-order valence-corrected chi connectivity index (χ0v) is 10.1. The molecule has 0 spiro atoms. The molecular weight excluding hydrogens is 231 g/mol. The number of nitrogens with zero attached hydrogens (tertiary/aromatic N) is 4. The Hall–Kier alpha value is -1.96. The quantitative estimate of drug-likeness (QED) is 0.833. The molecule has 1 heterocycles. The fraction of sp³-hybridized carbons (Fsp3) is 0.462. The van der Waals surface area contributed by atoms with Gasteiger partial charge in [0.2, 0.25) is 0 Å². The van der Waals surface area contributed by atoms with E-state index in [0.717, 1.165) is 5.92 Å². The smallest absolute Gasteiger partial charge is 0.143 e. The van der Waals surface area contributed by atoms with Crippen LogP contribution in [0.2, 0.25) is 0 Å². The summed E-state index contributed by atoms with van der Waals surface area (Å²) in [5.41, 5.74) is 1.14. The van der Waals surface area contributed by atoms with Crippen LogP contribution in [0.4, 0.5) is 4.39 Å². The number of nitriles is 1. The van der Waals surface area contributed by atoms with Gasteiger partial charge < -0.3 is 0 Å². The summed E-state index contributed by atoms with van der Waals surface area (Å²) in [4.78, 5) is 0. The molecule has 92 valence electrons. The third-order valence-corrected chi connectivity index (χ3v) is 3.62. The van der Waals surface area contributed by atoms with Gasteiger partial charge in [-0.1, -0.05) is 12.1 Å². The van der Waals surface area contributed by atoms with Gasteiger partial charge in [-0.05, 0) is 36.8 Å². The van der Waals surface area contributed by atoms with E-state index in [0.29, 0.717) is 23.5 Å². The molecule has 1 aliphatic rings. The maximum atomic E-state index is 13.6. The molecule has 0 radical (unpaired) electrons. The molecule has 1 aromatic carbocycles. The molecule has 1 unspecified atom stereocenters. The van der Waals surface area contributed by atoms with Crippen LogP contribution in [0.15, 0.2) is 12.1 Å². The molecule has 4 nitrogen and oxygen atoms in total. The zero-order valence-electron chi connectivity index (χ0n) is 10.1. The Morgan fingerprint density at radius 2 is 2.33 bits per heavy atom. The first kappa shape index (κ1) is 11.1. The third-order valence-electron chi connectivity index (χ3n) is 3.62. The molecule has 3 rings (SSSR count). The molecular formula is C13H13FN4. The highest BCUT2D eigenvalue weighted by Crippen LogP contribution is 2.37. The minimum Gasteiger partial charge on any atom is -0.243 e. The number of fused-ring (bicyclic) bond motifs is 1. The predicted octanol–water partition coefficient (Wildman–Crippen LogP) is 2.49. The van der Waals surface area contributed by atoms with E-state index >= 15 is 0 Å². The first-order valence-electron chi connectivity index (χ1n) is 6.12. The number of hydrogen-bond acceptors (Lipinski definition) is 3. The van der Waals surface area contributed by atoms with E-state index in [1.807, 2.05) is 6.07 Å². The Kier molecular flexibility index (Phi) is 2.51. The van der Waals surface area contributed by atoms with Crippen molar-refractivity contribution in [1.29, 1.82) is 5.26 Å². The molecule has 1 aromatic heterocycles. The summed E-state index contributed by atoms with van der Waals surface area (Å²) in [5.74, 6) is 0.723. The second-order valence-electron chi connectivity index (χ2n) is 4.99. The van der Waals surface area contributed by atoms with Crippen molar-refractivity contribution >= 4 is 11.0 Å². The lowest BCUT2D eigenvalue weighted by molar-refractivity contribution is 0.407. The van der Waals surface area contributed by atoms with Gasteiger partial charge in [-0.3, -0.25) is 0 Å². The van der Waals surface area contributed by atoms with E-state index in [1.54, 1.807) is 10.7 Å². The van der Waals surface area contributed by atoms with Crippen LogP contribution in [0, 0.1) is 29.0 Å². The van der Waals surface area contributed by atoms with Crippen molar-refractivity contribution in [2.75, 3.05) is 0 Å². The standard InChI is InChI=1S/C13H13FN4/c1-8(9-2-3-9)7-18-13-10(6-15)11(14)4-5-12(13)16-17-18/h4-5,8-9H,2-3,7H2,1H3.